The molecule has 0 atom stereocenters. The van der Waals surface area contributed by atoms with Crippen LogP contribution in [0.25, 0.3) is 34.0 Å². The van der Waals surface area contributed by atoms with Gasteiger partial charge in [-0.25, -0.2) is 9.97 Å². The highest BCUT2D eigenvalue weighted by atomic mass is 14.8. The first-order valence-corrected chi connectivity index (χ1v) is 9.36. The normalized spacial score (nSPS) is 14.7. The van der Waals surface area contributed by atoms with Crippen LogP contribution < -0.4 is 10.7 Å². The molecule has 0 spiro atoms. The lowest BCUT2D eigenvalue weighted by Gasteiger charge is -2.12. The number of hydrogen-bond donors (Lipinski definition) is 0. The molecule has 1 aliphatic carbocycles. The molecule has 2 nitrogen and oxygen atoms in total. The first-order valence-electron chi connectivity index (χ1n) is 9.36. The number of hydrogen-bond acceptors (Lipinski definition) is 2. The van der Waals surface area contributed by atoms with Gasteiger partial charge < -0.3 is 0 Å². The number of aromatic nitrogens is 2. The SMILES string of the molecule is Cc1ccc2c(c1)c(C)cccccc1nc3c(nc12)=CC(C)(C)C=CC=3. The van der Waals surface area contributed by atoms with E-state index in [9.17, 15) is 0 Å². The summed E-state index contributed by atoms with van der Waals surface area (Å²) in [6, 6.07) is 16.9. The largest absolute Gasteiger partial charge is 0.244 e. The van der Waals surface area contributed by atoms with Crippen molar-refractivity contribution in [2.24, 2.45) is 5.41 Å². The van der Waals surface area contributed by atoms with Crippen LogP contribution in [0.2, 0.25) is 0 Å². The molecule has 4 rings (SSSR count). The van der Waals surface area contributed by atoms with E-state index in [0.29, 0.717) is 0 Å². The molecule has 0 fully saturated rings. The van der Waals surface area contributed by atoms with Crippen LogP contribution in [0.1, 0.15) is 25.0 Å². The number of allylic oxidation sites excluding steroid dienone is 2. The number of aryl methyl sites for hydroxylation is 2. The minimum atomic E-state index is -0.0504. The molecule has 0 saturated carbocycles. The Morgan fingerprint density at radius 1 is 0.815 bits per heavy atom. The summed E-state index contributed by atoms with van der Waals surface area (Å²) in [5.41, 5.74) is 4.25. The molecule has 134 valence electrons. The average Bonchev–Trinajstić information content (AvgIpc) is 2.76. The van der Waals surface area contributed by atoms with Crippen molar-refractivity contribution < 1.29 is 0 Å². The summed E-state index contributed by atoms with van der Waals surface area (Å²) in [6.07, 6.45) is 8.52. The van der Waals surface area contributed by atoms with Gasteiger partial charge in [-0.2, -0.15) is 0 Å². The van der Waals surface area contributed by atoms with Gasteiger partial charge >= 0.3 is 0 Å². The third-order valence-corrected chi connectivity index (χ3v) is 4.94. The highest BCUT2D eigenvalue weighted by Gasteiger charge is 2.12. The Bertz CT molecular complexity index is 1260. The van der Waals surface area contributed by atoms with Crippen molar-refractivity contribution in [2.45, 2.75) is 27.7 Å². The lowest BCUT2D eigenvalue weighted by atomic mass is 9.93. The second kappa shape index (κ2) is 6.62. The molecular formula is C25H24N2. The van der Waals surface area contributed by atoms with Crippen molar-refractivity contribution >= 4 is 34.0 Å². The highest BCUT2D eigenvalue weighted by molar-refractivity contribution is 6.02. The van der Waals surface area contributed by atoms with E-state index in [1.165, 1.54) is 16.5 Å². The first-order chi connectivity index (χ1) is 12.9. The standard InChI is InChI=1S/C25H24N2/c1-17-12-13-19-20(15-17)18(2)9-6-5-7-10-22-24(19)27-23-16-25(3,4)14-8-11-21(23)26-22/h5-16H,1-4H3. The third kappa shape index (κ3) is 3.48. The Labute approximate surface area is 159 Å². The molecule has 0 N–H and O–H groups in total. The molecule has 0 amide bonds. The minimum Gasteiger partial charge on any atom is -0.244 e. The van der Waals surface area contributed by atoms with Crippen LogP contribution in [0.3, 0.4) is 0 Å². The zero-order chi connectivity index (χ0) is 19.0. The van der Waals surface area contributed by atoms with Crippen molar-refractivity contribution in [3.63, 3.8) is 0 Å². The molecule has 0 unspecified atom stereocenters. The number of rotatable bonds is 0. The van der Waals surface area contributed by atoms with Crippen molar-refractivity contribution in [1.82, 2.24) is 9.97 Å². The van der Waals surface area contributed by atoms with Gasteiger partial charge in [-0.3, -0.25) is 0 Å². The third-order valence-electron chi connectivity index (χ3n) is 4.94. The Kier molecular flexibility index (Phi) is 4.27. The maximum Gasteiger partial charge on any atom is 0.0972 e. The van der Waals surface area contributed by atoms with E-state index in [2.05, 4.69) is 82.3 Å². The molecule has 1 aromatic heterocycles. The van der Waals surface area contributed by atoms with Gasteiger partial charge in [0.25, 0.3) is 0 Å². The zero-order valence-corrected chi connectivity index (χ0v) is 16.3. The van der Waals surface area contributed by atoms with Gasteiger partial charge in [0, 0.05) is 10.8 Å². The molecule has 2 aromatic carbocycles. The molecule has 27 heavy (non-hydrogen) atoms. The van der Waals surface area contributed by atoms with Crippen LogP contribution in [0.4, 0.5) is 0 Å². The van der Waals surface area contributed by atoms with E-state index in [1.807, 2.05) is 18.2 Å². The molecule has 3 aromatic rings. The summed E-state index contributed by atoms with van der Waals surface area (Å²) in [4.78, 5) is 10.1. The predicted octanol–water partition coefficient (Wildman–Crippen LogP) is 4.68. The van der Waals surface area contributed by atoms with Crippen LogP contribution in [-0.4, -0.2) is 9.97 Å². The second-order valence-electron chi connectivity index (χ2n) is 7.86. The van der Waals surface area contributed by atoms with Gasteiger partial charge in [-0.1, -0.05) is 74.0 Å². The lowest BCUT2D eigenvalue weighted by Crippen LogP contribution is -2.32. The van der Waals surface area contributed by atoms with Crippen molar-refractivity contribution in [3.05, 3.63) is 82.5 Å². The number of fused-ring (bicyclic) bond motifs is 4. The van der Waals surface area contributed by atoms with Crippen molar-refractivity contribution in [3.8, 4) is 0 Å². The Hall–Kier alpha value is -3.00. The highest BCUT2D eigenvalue weighted by Crippen LogP contribution is 2.23. The summed E-state index contributed by atoms with van der Waals surface area (Å²) in [5, 5.41) is 4.20. The van der Waals surface area contributed by atoms with Gasteiger partial charge in [-0.15, -0.1) is 0 Å². The molecule has 1 heterocycles. The van der Waals surface area contributed by atoms with Crippen LogP contribution in [0.5, 0.6) is 0 Å². The Morgan fingerprint density at radius 2 is 1.63 bits per heavy atom. The van der Waals surface area contributed by atoms with Gasteiger partial charge in [0.15, 0.2) is 0 Å². The van der Waals surface area contributed by atoms with Gasteiger partial charge in [0.05, 0.1) is 21.7 Å². The van der Waals surface area contributed by atoms with E-state index < -0.39 is 0 Å². The molecule has 0 aliphatic heterocycles. The molecule has 0 bridgehead atoms. The fourth-order valence-electron chi connectivity index (χ4n) is 3.50. The van der Waals surface area contributed by atoms with Crippen LogP contribution >= 0.6 is 0 Å². The summed E-state index contributed by atoms with van der Waals surface area (Å²) in [7, 11) is 0. The smallest absolute Gasteiger partial charge is 0.0972 e. The van der Waals surface area contributed by atoms with Crippen LogP contribution in [-0.2, 0) is 0 Å². The monoisotopic (exact) mass is 352 g/mol. The van der Waals surface area contributed by atoms with E-state index >= 15 is 0 Å². The minimum absolute atomic E-state index is 0.0504. The van der Waals surface area contributed by atoms with E-state index in [-0.39, 0.29) is 5.41 Å². The molecular weight excluding hydrogens is 328 g/mol. The maximum absolute atomic E-state index is 5.10. The summed E-state index contributed by atoms with van der Waals surface area (Å²) >= 11 is 0. The summed E-state index contributed by atoms with van der Waals surface area (Å²) in [6.45, 7) is 8.66. The van der Waals surface area contributed by atoms with Gasteiger partial charge in [0.2, 0.25) is 0 Å². The fourth-order valence-corrected chi connectivity index (χ4v) is 3.50. The van der Waals surface area contributed by atoms with Crippen molar-refractivity contribution in [2.75, 3.05) is 0 Å². The Balaban J connectivity index is 2.29. The van der Waals surface area contributed by atoms with E-state index in [0.717, 1.165) is 27.1 Å². The molecule has 0 saturated heterocycles. The second-order valence-corrected chi connectivity index (χ2v) is 7.86. The fraction of sp³-hybridized carbons (Fsp3) is 0.200. The van der Waals surface area contributed by atoms with Crippen LogP contribution in [0.15, 0.2) is 60.7 Å². The topological polar surface area (TPSA) is 25.8 Å². The first kappa shape index (κ1) is 17.4. The van der Waals surface area contributed by atoms with Gasteiger partial charge in [0.1, 0.15) is 0 Å². The number of nitrogens with zero attached hydrogens (tertiary/aromatic N) is 2. The quantitative estimate of drug-likeness (QED) is 0.587. The maximum atomic E-state index is 5.10. The summed E-state index contributed by atoms with van der Waals surface area (Å²) < 4.78 is 0. The van der Waals surface area contributed by atoms with E-state index in [4.69, 9.17) is 9.97 Å². The van der Waals surface area contributed by atoms with E-state index in [1.54, 1.807) is 0 Å². The zero-order valence-electron chi connectivity index (χ0n) is 16.3. The molecule has 1 aliphatic rings. The van der Waals surface area contributed by atoms with Crippen LogP contribution in [0, 0.1) is 19.3 Å². The molecule has 2 heteroatoms. The summed E-state index contributed by atoms with van der Waals surface area (Å²) in [5.74, 6) is 0. The van der Waals surface area contributed by atoms with Crippen molar-refractivity contribution in [1.29, 1.82) is 0 Å². The Morgan fingerprint density at radius 3 is 2.48 bits per heavy atom. The average molecular weight is 352 g/mol. The molecule has 0 radical (unpaired) electrons. The lowest BCUT2D eigenvalue weighted by molar-refractivity contribution is 0.669. The number of benzene rings is 1. The van der Waals surface area contributed by atoms with Gasteiger partial charge in [-0.05, 0) is 43.0 Å². The predicted molar refractivity (Wildman–Crippen MR) is 115 cm³/mol.